The van der Waals surface area contributed by atoms with E-state index < -0.39 is 48.2 Å². The Morgan fingerprint density at radius 2 is 0.862 bits per heavy atom. The maximum Gasteiger partial charge on any atom is 0.422 e. The van der Waals surface area contributed by atoms with E-state index in [2.05, 4.69) is 51.8 Å². The van der Waals surface area contributed by atoms with Crippen LogP contribution in [0.1, 0.15) is 138 Å². The number of amides is 3. The van der Waals surface area contributed by atoms with Crippen LogP contribution in [0.3, 0.4) is 0 Å². The van der Waals surface area contributed by atoms with Gasteiger partial charge >= 0.3 is 6.18 Å². The molecule has 94 heavy (non-hydrogen) atoms. The van der Waals surface area contributed by atoms with Gasteiger partial charge in [-0.15, -0.1) is 0 Å². The number of pyridine rings is 4. The van der Waals surface area contributed by atoms with E-state index in [1.54, 1.807) is 101 Å². The van der Waals surface area contributed by atoms with Gasteiger partial charge in [-0.3, -0.25) is 58.1 Å². The van der Waals surface area contributed by atoms with Gasteiger partial charge in [0, 0.05) is 85.9 Å². The molecule has 7 aromatic rings. The Balaban J connectivity index is 0.000000182. The lowest BCUT2D eigenvalue weighted by Crippen LogP contribution is -2.27. The van der Waals surface area contributed by atoms with Crippen molar-refractivity contribution in [1.82, 2.24) is 35.9 Å². The molecule has 490 valence electrons. The van der Waals surface area contributed by atoms with Gasteiger partial charge in [0.1, 0.15) is 63.7 Å². The molecule has 0 spiro atoms. The Bertz CT molecular complexity index is 3960. The van der Waals surface area contributed by atoms with Crippen molar-refractivity contribution >= 4 is 80.0 Å². The highest BCUT2D eigenvalue weighted by Crippen LogP contribution is 2.42. The number of hydrogen-bond donors (Lipinski definition) is 3. The van der Waals surface area contributed by atoms with Crippen molar-refractivity contribution in [1.29, 1.82) is 0 Å². The minimum Gasteiger partial charge on any atom is -0.484 e. The summed E-state index contributed by atoms with van der Waals surface area (Å²) in [6.45, 7) is 10.1. The van der Waals surface area contributed by atoms with E-state index in [1.807, 2.05) is 26.0 Å². The van der Waals surface area contributed by atoms with E-state index >= 15 is 0 Å². The number of carbonyl (C=O) groups excluding carboxylic acids is 9. The summed E-state index contributed by atoms with van der Waals surface area (Å²) in [6, 6.07) is 26.2. The van der Waals surface area contributed by atoms with Crippen LogP contribution in [0.4, 0.5) is 17.6 Å². The third-order valence-corrected chi connectivity index (χ3v) is 17.0. The summed E-state index contributed by atoms with van der Waals surface area (Å²) in [7, 11) is 0. The lowest BCUT2D eigenvalue weighted by atomic mass is 9.87. The van der Waals surface area contributed by atoms with Gasteiger partial charge in [0.25, 0.3) is 23.6 Å². The van der Waals surface area contributed by atoms with Crippen LogP contribution in [-0.4, -0.2) is 105 Å². The number of aryl methyl sites for hydroxylation is 6. The number of benzene rings is 3. The fourth-order valence-electron chi connectivity index (χ4n) is 12.1. The van der Waals surface area contributed by atoms with Crippen LogP contribution in [0, 0.1) is 65.1 Å². The molecule has 4 aromatic heterocycles. The molecule has 3 aromatic carbocycles. The molecule has 24 heteroatoms. The van der Waals surface area contributed by atoms with Crippen LogP contribution < -0.4 is 25.4 Å². The molecular weight excluding hydrogens is 1310 g/mol. The third-order valence-electron chi connectivity index (χ3n) is 16.3. The van der Waals surface area contributed by atoms with Crippen LogP contribution in [0.25, 0.3) is 0 Å². The Morgan fingerprint density at radius 3 is 1.18 bits per heavy atom. The highest BCUT2D eigenvalue weighted by atomic mass is 79.9. The number of hydrogen-bond acceptors (Lipinski definition) is 15. The number of ketones is 6. The minimum absolute atomic E-state index is 0.0328. The van der Waals surface area contributed by atoms with Gasteiger partial charge in [-0.05, 0) is 190 Å². The summed E-state index contributed by atoms with van der Waals surface area (Å²) in [4.78, 5) is 129. The summed E-state index contributed by atoms with van der Waals surface area (Å²) in [6.07, 6.45) is 2.96. The molecule has 6 unspecified atom stereocenters. The standard InChI is InChI=1S/C26H23ClFN3O4.C23H23F3N2O4.C21H21BrN2O3/c1-14-9-18(35-26-19(28)12-17(27)13-31-26)10-15(2)22(14)23-21(32)11-16(24(23)33)6-8-30-25(34)20-5-3-4-7-29-20;1-13-9-16(32-12-23(24,25)26)10-14(2)19(13)20-18(29)11-15(21(20)30)6-8-28-22(31)17-5-3-4-7-27-17;1-12-9-15(22)10-13(2)18(12)19-17(25)11-14(20(19)26)6-8-24-21(27)16-5-3-4-7-23-16/h3-5,7,9-10,12-13,16,23H,6,8,11H2,1-2H3,(H,30,34);3-5,7,9-10,15,20H,6,8,11-12H2,1-2H3,(H,28,31);3-5,7,9-10,14,19H,6,8,11H2,1-2H3,(H,24,27). The maximum atomic E-state index is 14.1. The molecule has 3 N–H and O–H groups in total. The first-order valence-corrected chi connectivity index (χ1v) is 31.3. The molecule has 3 fully saturated rings. The Hall–Kier alpha value is -9.22. The van der Waals surface area contributed by atoms with E-state index in [9.17, 15) is 60.7 Å². The average molecular weight is 1370 g/mol. The number of rotatable bonds is 19. The molecule has 0 bridgehead atoms. The number of halogens is 6. The fourth-order valence-corrected chi connectivity index (χ4v) is 12.9. The number of nitrogens with one attached hydrogen (secondary N) is 3. The fraction of sp³-hybridized carbons (Fsp3) is 0.329. The number of carbonyl (C=O) groups is 9. The molecule has 3 saturated carbocycles. The first-order chi connectivity index (χ1) is 44.7. The van der Waals surface area contributed by atoms with E-state index in [4.69, 9.17) is 21.1 Å². The van der Waals surface area contributed by atoms with Gasteiger partial charge in [-0.2, -0.15) is 13.2 Å². The Morgan fingerprint density at radius 1 is 0.521 bits per heavy atom. The first kappa shape index (κ1) is 70.6. The van der Waals surface area contributed by atoms with Crippen molar-refractivity contribution in [2.24, 2.45) is 17.8 Å². The minimum atomic E-state index is -4.46. The van der Waals surface area contributed by atoms with Crippen molar-refractivity contribution in [3.8, 4) is 17.4 Å². The zero-order chi connectivity index (χ0) is 68.1. The second-order valence-electron chi connectivity index (χ2n) is 23.2. The molecule has 10 rings (SSSR count). The van der Waals surface area contributed by atoms with Crippen LogP contribution >= 0.6 is 27.5 Å². The SMILES string of the molecule is Cc1cc(Br)cc(C)c1C1C(=O)CC(CCNC(=O)c2ccccn2)C1=O.Cc1cc(OCC(F)(F)F)cc(C)c1C1C(=O)CC(CCNC(=O)c2ccccn2)C1=O.Cc1cc(Oc2ncc(Cl)cc2F)cc(C)c1C1C(=O)CC(CCNC(=O)c2ccccn2)C1=O. The van der Waals surface area contributed by atoms with Gasteiger partial charge in [-0.1, -0.05) is 45.7 Å². The molecule has 3 amide bonds. The van der Waals surface area contributed by atoms with Crippen molar-refractivity contribution in [3.05, 3.63) is 204 Å². The molecule has 0 aliphatic heterocycles. The predicted octanol–water partition coefficient (Wildman–Crippen LogP) is 12.0. The molecule has 18 nitrogen and oxygen atoms in total. The lowest BCUT2D eigenvalue weighted by molar-refractivity contribution is -0.153. The highest BCUT2D eigenvalue weighted by molar-refractivity contribution is 9.10. The van der Waals surface area contributed by atoms with Gasteiger partial charge in [0.05, 0.1) is 5.02 Å². The Kier molecular flexibility index (Phi) is 23.8. The van der Waals surface area contributed by atoms with Crippen LogP contribution in [0.15, 0.2) is 126 Å². The summed E-state index contributed by atoms with van der Waals surface area (Å²) >= 11 is 9.18. The van der Waals surface area contributed by atoms with E-state index in [1.165, 1.54) is 30.7 Å². The van der Waals surface area contributed by atoms with E-state index in [0.29, 0.717) is 76.3 Å². The van der Waals surface area contributed by atoms with Gasteiger partial charge in [-0.25, -0.2) is 9.37 Å². The molecule has 4 heterocycles. The number of Topliss-reactive ketones (excluding diaryl/α,β-unsaturated/α-hetero) is 6. The van der Waals surface area contributed by atoms with Crippen LogP contribution in [0.2, 0.25) is 5.02 Å². The molecule has 0 radical (unpaired) electrons. The lowest BCUT2D eigenvalue weighted by Gasteiger charge is -2.18. The molecule has 3 aliphatic rings. The summed E-state index contributed by atoms with van der Waals surface area (Å²) in [5.41, 5.74) is 7.18. The number of ether oxygens (including phenoxy) is 2. The monoisotopic (exact) mass is 1370 g/mol. The zero-order valence-corrected chi connectivity index (χ0v) is 54.5. The van der Waals surface area contributed by atoms with Crippen molar-refractivity contribution in [2.75, 3.05) is 26.2 Å². The quantitative estimate of drug-likeness (QED) is 0.0502. The number of aromatic nitrogens is 4. The summed E-state index contributed by atoms with van der Waals surface area (Å²) < 4.78 is 62.6. The third kappa shape index (κ3) is 17.9. The molecule has 3 aliphatic carbocycles. The smallest absolute Gasteiger partial charge is 0.422 e. The van der Waals surface area contributed by atoms with Crippen molar-refractivity contribution in [2.45, 2.75) is 104 Å². The Labute approximate surface area is 552 Å². The number of alkyl halides is 3. The topological polar surface area (TPSA) is 260 Å². The van der Waals surface area contributed by atoms with Crippen LogP contribution in [-0.2, 0) is 28.8 Å². The second-order valence-corrected chi connectivity index (χ2v) is 24.6. The average Bonchev–Trinajstić information content (AvgIpc) is 1.58. The van der Waals surface area contributed by atoms with Gasteiger partial charge < -0.3 is 25.4 Å². The van der Waals surface area contributed by atoms with Crippen molar-refractivity contribution in [3.63, 3.8) is 0 Å². The van der Waals surface area contributed by atoms with Gasteiger partial charge in [0.2, 0.25) is 0 Å². The summed E-state index contributed by atoms with van der Waals surface area (Å²) in [5, 5.41) is 8.38. The van der Waals surface area contributed by atoms with E-state index in [-0.39, 0.29) is 113 Å². The summed E-state index contributed by atoms with van der Waals surface area (Å²) in [5.74, 6) is -6.23. The highest BCUT2D eigenvalue weighted by Gasteiger charge is 2.45. The molecular formula is C70H67BrClF4N7O11. The number of nitrogens with zero attached hydrogens (tertiary/aromatic N) is 4. The van der Waals surface area contributed by atoms with E-state index in [0.717, 1.165) is 27.2 Å². The normalized spacial score (nSPS) is 18.4. The maximum absolute atomic E-state index is 14.1. The predicted molar refractivity (Wildman–Crippen MR) is 342 cm³/mol. The molecule has 0 saturated heterocycles. The zero-order valence-electron chi connectivity index (χ0n) is 52.1. The second kappa shape index (κ2) is 31.6. The van der Waals surface area contributed by atoms with Crippen LogP contribution in [0.5, 0.6) is 17.4 Å². The molecule has 6 atom stereocenters. The van der Waals surface area contributed by atoms with Crippen molar-refractivity contribution < 1.29 is 70.2 Å². The largest absolute Gasteiger partial charge is 0.484 e. The van der Waals surface area contributed by atoms with Gasteiger partial charge in [0.15, 0.2) is 29.8 Å². The first-order valence-electron chi connectivity index (χ1n) is 30.1.